The number of rotatable bonds is 7. The van der Waals surface area contributed by atoms with Crippen LogP contribution >= 0.6 is 0 Å². The van der Waals surface area contributed by atoms with Gasteiger partial charge in [-0.3, -0.25) is 9.36 Å². The van der Waals surface area contributed by atoms with Crippen molar-refractivity contribution in [3.05, 3.63) is 58.4 Å². The van der Waals surface area contributed by atoms with E-state index in [1.54, 1.807) is 17.7 Å². The molecule has 2 heterocycles. The van der Waals surface area contributed by atoms with Crippen LogP contribution in [0.3, 0.4) is 0 Å². The van der Waals surface area contributed by atoms with E-state index < -0.39 is 0 Å². The van der Waals surface area contributed by atoms with Gasteiger partial charge in [-0.05, 0) is 43.7 Å². The maximum Gasteiger partial charge on any atom is 0.262 e. The summed E-state index contributed by atoms with van der Waals surface area (Å²) < 4.78 is 18.2. The van der Waals surface area contributed by atoms with Crippen molar-refractivity contribution in [1.82, 2.24) is 9.55 Å². The SMILES string of the molecule is COCCCn1c(N/N=C(/C)c2ccc3c(c2)OCCCO3)nc2ccccc2c1=O. The normalized spacial score (nSPS) is 13.8. The average Bonchev–Trinajstić information content (AvgIpc) is 3.04. The van der Waals surface area contributed by atoms with Crippen LogP contribution < -0.4 is 20.5 Å². The van der Waals surface area contributed by atoms with Crippen LogP contribution in [0.2, 0.25) is 0 Å². The third-order valence-corrected chi connectivity index (χ3v) is 5.08. The van der Waals surface area contributed by atoms with E-state index in [9.17, 15) is 4.79 Å². The summed E-state index contributed by atoms with van der Waals surface area (Å²) in [7, 11) is 1.64. The number of para-hydroxylation sites is 1. The number of benzene rings is 2. The largest absolute Gasteiger partial charge is 0.490 e. The van der Waals surface area contributed by atoms with Crippen LogP contribution in [0.5, 0.6) is 11.5 Å². The molecule has 31 heavy (non-hydrogen) atoms. The molecule has 0 unspecified atom stereocenters. The summed E-state index contributed by atoms with van der Waals surface area (Å²) in [5.41, 5.74) is 5.14. The first-order chi connectivity index (χ1) is 15.2. The molecule has 1 aliphatic rings. The van der Waals surface area contributed by atoms with Crippen molar-refractivity contribution >= 4 is 22.6 Å². The summed E-state index contributed by atoms with van der Waals surface area (Å²) in [6.07, 6.45) is 1.54. The maximum atomic E-state index is 13.0. The molecule has 3 aromatic rings. The second kappa shape index (κ2) is 9.61. The fraction of sp³-hybridized carbons (Fsp3) is 0.348. The molecule has 4 rings (SSSR count). The molecule has 1 N–H and O–H groups in total. The summed E-state index contributed by atoms with van der Waals surface area (Å²) in [5.74, 6) is 1.85. The zero-order valence-electron chi connectivity index (χ0n) is 17.8. The van der Waals surface area contributed by atoms with Gasteiger partial charge in [0.2, 0.25) is 5.95 Å². The van der Waals surface area contributed by atoms with Crippen molar-refractivity contribution in [3.8, 4) is 11.5 Å². The van der Waals surface area contributed by atoms with Crippen molar-refractivity contribution in [2.45, 2.75) is 26.3 Å². The highest BCUT2D eigenvalue weighted by molar-refractivity contribution is 5.99. The Bertz CT molecular complexity index is 1160. The van der Waals surface area contributed by atoms with Gasteiger partial charge < -0.3 is 14.2 Å². The van der Waals surface area contributed by atoms with E-state index in [0.29, 0.717) is 55.4 Å². The predicted molar refractivity (Wildman–Crippen MR) is 120 cm³/mol. The lowest BCUT2D eigenvalue weighted by molar-refractivity contribution is 0.190. The van der Waals surface area contributed by atoms with Crippen molar-refractivity contribution < 1.29 is 14.2 Å². The molecule has 0 fully saturated rings. The summed E-state index contributed by atoms with van der Waals surface area (Å²) in [6, 6.07) is 13.1. The molecule has 0 aliphatic carbocycles. The molecule has 0 bridgehead atoms. The number of nitrogens with zero attached hydrogens (tertiary/aromatic N) is 3. The Hall–Kier alpha value is -3.39. The van der Waals surface area contributed by atoms with E-state index in [0.717, 1.165) is 23.4 Å². The molecule has 0 spiro atoms. The minimum absolute atomic E-state index is 0.104. The van der Waals surface area contributed by atoms with Gasteiger partial charge in [-0.1, -0.05) is 12.1 Å². The van der Waals surface area contributed by atoms with E-state index in [1.807, 2.05) is 43.3 Å². The predicted octanol–water partition coefficient (Wildman–Crippen LogP) is 3.43. The molecule has 8 nitrogen and oxygen atoms in total. The molecule has 0 saturated heterocycles. The lowest BCUT2D eigenvalue weighted by atomic mass is 10.1. The highest BCUT2D eigenvalue weighted by Crippen LogP contribution is 2.30. The molecule has 0 radical (unpaired) electrons. The molecule has 0 atom stereocenters. The minimum atomic E-state index is -0.104. The smallest absolute Gasteiger partial charge is 0.262 e. The fourth-order valence-corrected chi connectivity index (χ4v) is 3.41. The van der Waals surface area contributed by atoms with Crippen LogP contribution in [0.1, 0.15) is 25.3 Å². The van der Waals surface area contributed by atoms with Crippen LogP contribution in [0.4, 0.5) is 5.95 Å². The van der Waals surface area contributed by atoms with Gasteiger partial charge in [0.1, 0.15) is 0 Å². The Labute approximate surface area is 180 Å². The Morgan fingerprint density at radius 2 is 2.00 bits per heavy atom. The van der Waals surface area contributed by atoms with Crippen molar-refractivity contribution in [1.29, 1.82) is 0 Å². The Morgan fingerprint density at radius 1 is 1.19 bits per heavy atom. The molecule has 1 aliphatic heterocycles. The van der Waals surface area contributed by atoms with E-state index in [4.69, 9.17) is 14.2 Å². The number of ether oxygens (including phenoxy) is 3. The van der Waals surface area contributed by atoms with Gasteiger partial charge in [0.15, 0.2) is 11.5 Å². The maximum absolute atomic E-state index is 13.0. The van der Waals surface area contributed by atoms with Gasteiger partial charge in [0.25, 0.3) is 5.56 Å². The fourth-order valence-electron chi connectivity index (χ4n) is 3.41. The number of hydrogen-bond donors (Lipinski definition) is 1. The van der Waals surface area contributed by atoms with Crippen LogP contribution in [0.25, 0.3) is 10.9 Å². The number of methoxy groups -OCH3 is 1. The first-order valence-electron chi connectivity index (χ1n) is 10.4. The molecular formula is C23H26N4O4. The van der Waals surface area contributed by atoms with E-state index >= 15 is 0 Å². The molecular weight excluding hydrogens is 396 g/mol. The van der Waals surface area contributed by atoms with Crippen LogP contribution in [0, 0.1) is 0 Å². The first-order valence-corrected chi connectivity index (χ1v) is 10.4. The van der Waals surface area contributed by atoms with Crippen LogP contribution in [-0.2, 0) is 11.3 Å². The number of hydrogen-bond acceptors (Lipinski definition) is 7. The second-order valence-electron chi connectivity index (χ2n) is 7.28. The number of nitrogens with one attached hydrogen (secondary N) is 1. The van der Waals surface area contributed by atoms with E-state index in [-0.39, 0.29) is 5.56 Å². The zero-order valence-corrected chi connectivity index (χ0v) is 17.8. The Kier molecular flexibility index (Phi) is 6.47. The molecule has 162 valence electrons. The summed E-state index contributed by atoms with van der Waals surface area (Å²) in [5, 5.41) is 5.07. The number of fused-ring (bicyclic) bond motifs is 2. The van der Waals surface area contributed by atoms with Gasteiger partial charge in [0, 0.05) is 32.2 Å². The van der Waals surface area contributed by atoms with E-state index in [2.05, 4.69) is 15.5 Å². The van der Waals surface area contributed by atoms with Crippen LogP contribution in [0.15, 0.2) is 52.4 Å². The van der Waals surface area contributed by atoms with Crippen LogP contribution in [-0.4, -0.2) is 42.2 Å². The van der Waals surface area contributed by atoms with Gasteiger partial charge >= 0.3 is 0 Å². The van der Waals surface area contributed by atoms with Crippen molar-refractivity contribution in [2.24, 2.45) is 5.10 Å². The number of hydrazone groups is 1. The zero-order chi connectivity index (χ0) is 21.6. The minimum Gasteiger partial charge on any atom is -0.490 e. The summed E-state index contributed by atoms with van der Waals surface area (Å²) in [6.45, 7) is 4.19. The quantitative estimate of drug-likeness (QED) is 0.357. The monoisotopic (exact) mass is 422 g/mol. The topological polar surface area (TPSA) is 87.0 Å². The Morgan fingerprint density at radius 3 is 2.84 bits per heavy atom. The molecule has 0 amide bonds. The molecule has 8 heteroatoms. The summed E-state index contributed by atoms with van der Waals surface area (Å²) in [4.78, 5) is 17.6. The van der Waals surface area contributed by atoms with Crippen molar-refractivity contribution in [2.75, 3.05) is 32.4 Å². The van der Waals surface area contributed by atoms with Crippen molar-refractivity contribution in [3.63, 3.8) is 0 Å². The average molecular weight is 422 g/mol. The van der Waals surface area contributed by atoms with E-state index in [1.165, 1.54) is 0 Å². The molecule has 0 saturated carbocycles. The summed E-state index contributed by atoms with van der Waals surface area (Å²) >= 11 is 0. The highest BCUT2D eigenvalue weighted by Gasteiger charge is 2.13. The number of aromatic nitrogens is 2. The Balaban J connectivity index is 1.64. The van der Waals surface area contributed by atoms with Gasteiger partial charge in [-0.2, -0.15) is 5.10 Å². The molecule has 1 aromatic heterocycles. The second-order valence-corrected chi connectivity index (χ2v) is 7.28. The van der Waals surface area contributed by atoms with Gasteiger partial charge in [-0.25, -0.2) is 10.4 Å². The third-order valence-electron chi connectivity index (χ3n) is 5.08. The lowest BCUT2D eigenvalue weighted by Gasteiger charge is -2.13. The first kappa shape index (κ1) is 20.9. The lowest BCUT2D eigenvalue weighted by Crippen LogP contribution is -2.25. The highest BCUT2D eigenvalue weighted by atomic mass is 16.5. The standard InChI is InChI=1S/C23H26N4O4/c1-16(17-9-10-20-21(15-17)31-14-6-13-30-20)25-26-23-24-19-8-4-3-7-18(19)22(28)27(23)11-5-12-29-2/h3-4,7-10,15H,5-6,11-14H2,1-2H3,(H,24,26)/b25-16-. The van der Waals surface area contributed by atoms with Gasteiger partial charge in [-0.15, -0.1) is 0 Å². The molecule has 2 aromatic carbocycles. The third kappa shape index (κ3) is 4.69. The number of anilines is 1. The van der Waals surface area contributed by atoms with Gasteiger partial charge in [0.05, 0.1) is 29.8 Å².